The summed E-state index contributed by atoms with van der Waals surface area (Å²) in [6, 6.07) is 6.24. The third-order valence-electron chi connectivity index (χ3n) is 4.02. The van der Waals surface area contributed by atoms with E-state index in [-0.39, 0.29) is 17.3 Å². The Kier molecular flexibility index (Phi) is 4.05. The van der Waals surface area contributed by atoms with Gasteiger partial charge in [0.2, 0.25) is 0 Å². The molecule has 0 saturated heterocycles. The number of hydrogen-bond acceptors (Lipinski definition) is 2. The Balaban J connectivity index is 1.81. The van der Waals surface area contributed by atoms with Gasteiger partial charge in [0.15, 0.2) is 0 Å². The summed E-state index contributed by atoms with van der Waals surface area (Å²) >= 11 is 7.96. The standard InChI is InChI=1S/C17H18ClNOS/c1-10-4-6-16-12(7-10)13(9-21-16)17(20)19-15-5-3-11(2)8-14(15)18/h4,6-7,9,14-15H,2-3,5,8H2,1H3,(H,19,20). The molecule has 3 rings (SSSR count). The van der Waals surface area contributed by atoms with E-state index < -0.39 is 0 Å². The van der Waals surface area contributed by atoms with Crippen molar-refractivity contribution in [2.45, 2.75) is 37.6 Å². The molecule has 0 radical (unpaired) electrons. The minimum absolute atomic E-state index is 0.0185. The van der Waals surface area contributed by atoms with Gasteiger partial charge >= 0.3 is 0 Å². The molecule has 2 aromatic rings. The predicted molar refractivity (Wildman–Crippen MR) is 90.4 cm³/mol. The van der Waals surface area contributed by atoms with E-state index in [1.807, 2.05) is 12.3 Å². The molecular formula is C17H18ClNOS. The monoisotopic (exact) mass is 319 g/mol. The van der Waals surface area contributed by atoms with Gasteiger partial charge in [-0.1, -0.05) is 23.8 Å². The van der Waals surface area contributed by atoms with Crippen LogP contribution >= 0.6 is 22.9 Å². The topological polar surface area (TPSA) is 29.1 Å². The van der Waals surface area contributed by atoms with Crippen LogP contribution in [0.1, 0.15) is 35.2 Å². The van der Waals surface area contributed by atoms with Crippen molar-refractivity contribution in [2.75, 3.05) is 0 Å². The molecule has 1 aliphatic rings. The van der Waals surface area contributed by atoms with Crippen molar-refractivity contribution in [3.8, 4) is 0 Å². The molecule has 2 nitrogen and oxygen atoms in total. The van der Waals surface area contributed by atoms with Gasteiger partial charge in [-0.2, -0.15) is 0 Å². The molecular weight excluding hydrogens is 302 g/mol. The Morgan fingerprint density at radius 1 is 1.48 bits per heavy atom. The van der Waals surface area contributed by atoms with E-state index in [1.165, 1.54) is 11.1 Å². The molecule has 110 valence electrons. The predicted octanol–water partition coefficient (Wildman–Crippen LogP) is 4.66. The Labute approximate surface area is 133 Å². The van der Waals surface area contributed by atoms with Crippen molar-refractivity contribution in [1.82, 2.24) is 5.32 Å². The van der Waals surface area contributed by atoms with Gasteiger partial charge in [0.05, 0.1) is 10.9 Å². The fourth-order valence-electron chi connectivity index (χ4n) is 2.79. The molecule has 2 atom stereocenters. The zero-order chi connectivity index (χ0) is 15.0. The third-order valence-corrected chi connectivity index (χ3v) is 5.44. The van der Waals surface area contributed by atoms with E-state index in [9.17, 15) is 4.79 Å². The largest absolute Gasteiger partial charge is 0.348 e. The van der Waals surface area contributed by atoms with E-state index in [2.05, 4.69) is 30.1 Å². The number of benzene rings is 1. The SMILES string of the molecule is C=C1CCC(NC(=O)c2csc3ccc(C)cc23)C(Cl)C1. The molecule has 1 fully saturated rings. The summed E-state index contributed by atoms with van der Waals surface area (Å²) in [5.41, 5.74) is 3.10. The third kappa shape index (κ3) is 2.99. The van der Waals surface area contributed by atoms with Gasteiger partial charge in [-0.15, -0.1) is 22.9 Å². The van der Waals surface area contributed by atoms with Crippen molar-refractivity contribution >= 4 is 38.9 Å². The molecule has 21 heavy (non-hydrogen) atoms. The van der Waals surface area contributed by atoms with Crippen molar-refractivity contribution < 1.29 is 4.79 Å². The molecule has 2 unspecified atom stereocenters. The van der Waals surface area contributed by atoms with Gasteiger partial charge in [-0.05, 0) is 38.3 Å². The second kappa shape index (κ2) is 5.82. The summed E-state index contributed by atoms with van der Waals surface area (Å²) in [6.07, 6.45) is 2.60. The Morgan fingerprint density at radius 3 is 3.05 bits per heavy atom. The van der Waals surface area contributed by atoms with Gasteiger partial charge in [0.25, 0.3) is 5.91 Å². The van der Waals surface area contributed by atoms with Crippen LogP contribution in [0.2, 0.25) is 0 Å². The summed E-state index contributed by atoms with van der Waals surface area (Å²) < 4.78 is 1.14. The van der Waals surface area contributed by atoms with Crippen LogP contribution in [0.3, 0.4) is 0 Å². The lowest BCUT2D eigenvalue weighted by Crippen LogP contribution is -2.43. The number of carbonyl (C=O) groups is 1. The molecule has 1 N–H and O–H groups in total. The molecule has 1 amide bonds. The lowest BCUT2D eigenvalue weighted by molar-refractivity contribution is 0.0933. The highest BCUT2D eigenvalue weighted by molar-refractivity contribution is 7.17. The number of fused-ring (bicyclic) bond motifs is 1. The molecule has 1 aliphatic carbocycles. The number of aryl methyl sites for hydroxylation is 1. The zero-order valence-electron chi connectivity index (χ0n) is 12.0. The molecule has 0 bridgehead atoms. The van der Waals surface area contributed by atoms with Crippen molar-refractivity contribution in [3.05, 3.63) is 46.9 Å². The van der Waals surface area contributed by atoms with Crippen molar-refractivity contribution in [1.29, 1.82) is 0 Å². The lowest BCUT2D eigenvalue weighted by Gasteiger charge is -2.29. The highest BCUT2D eigenvalue weighted by atomic mass is 35.5. The van der Waals surface area contributed by atoms with E-state index in [1.54, 1.807) is 11.3 Å². The lowest BCUT2D eigenvalue weighted by atomic mass is 9.91. The number of nitrogens with one attached hydrogen (secondary N) is 1. The smallest absolute Gasteiger partial charge is 0.253 e. The van der Waals surface area contributed by atoms with Crippen LogP contribution in [0.25, 0.3) is 10.1 Å². The first-order chi connectivity index (χ1) is 10.0. The van der Waals surface area contributed by atoms with Crippen molar-refractivity contribution in [3.63, 3.8) is 0 Å². The fourth-order valence-corrected chi connectivity index (χ4v) is 4.12. The first-order valence-electron chi connectivity index (χ1n) is 7.14. The second-order valence-corrected chi connectivity index (χ2v) is 7.21. The molecule has 1 saturated carbocycles. The number of allylic oxidation sites excluding steroid dienone is 1. The van der Waals surface area contributed by atoms with E-state index in [0.717, 1.165) is 34.9 Å². The normalized spacial score (nSPS) is 22.5. The summed E-state index contributed by atoms with van der Waals surface area (Å²) in [6.45, 7) is 6.03. The maximum Gasteiger partial charge on any atom is 0.253 e. The minimum Gasteiger partial charge on any atom is -0.348 e. The minimum atomic E-state index is -0.0539. The van der Waals surface area contributed by atoms with Gasteiger partial charge < -0.3 is 5.32 Å². The Bertz CT molecular complexity index is 706. The molecule has 4 heteroatoms. The first-order valence-corrected chi connectivity index (χ1v) is 8.45. The van der Waals surface area contributed by atoms with E-state index in [4.69, 9.17) is 11.6 Å². The van der Waals surface area contributed by atoms with Crippen LogP contribution < -0.4 is 5.32 Å². The highest BCUT2D eigenvalue weighted by Crippen LogP contribution is 2.29. The number of rotatable bonds is 2. The van der Waals surface area contributed by atoms with Crippen LogP contribution in [0, 0.1) is 6.92 Å². The number of thiophene rings is 1. The Hall–Kier alpha value is -1.32. The molecule has 0 aliphatic heterocycles. The summed E-state index contributed by atoms with van der Waals surface area (Å²) in [5.74, 6) is -0.0185. The quantitative estimate of drug-likeness (QED) is 0.633. The number of hydrogen-bond donors (Lipinski definition) is 1. The molecule has 1 aromatic heterocycles. The number of amides is 1. The number of halogens is 1. The van der Waals surface area contributed by atoms with E-state index >= 15 is 0 Å². The van der Waals surface area contributed by atoms with Crippen LogP contribution in [-0.4, -0.2) is 17.3 Å². The van der Waals surface area contributed by atoms with Gasteiger partial charge in [0, 0.05) is 21.5 Å². The maximum absolute atomic E-state index is 12.5. The van der Waals surface area contributed by atoms with Crippen LogP contribution in [0.15, 0.2) is 35.7 Å². The molecule has 1 heterocycles. The Morgan fingerprint density at radius 2 is 2.29 bits per heavy atom. The molecule has 1 aromatic carbocycles. The average Bonchev–Trinajstić information content (AvgIpc) is 2.85. The van der Waals surface area contributed by atoms with Crippen LogP contribution in [0.4, 0.5) is 0 Å². The van der Waals surface area contributed by atoms with Crippen LogP contribution in [0.5, 0.6) is 0 Å². The summed E-state index contributed by atoms with van der Waals surface area (Å²) in [5, 5.41) is 6.01. The summed E-state index contributed by atoms with van der Waals surface area (Å²) in [4.78, 5) is 12.5. The van der Waals surface area contributed by atoms with Gasteiger partial charge in [0.1, 0.15) is 0 Å². The average molecular weight is 320 g/mol. The number of alkyl halides is 1. The first kappa shape index (κ1) is 14.6. The zero-order valence-corrected chi connectivity index (χ0v) is 13.6. The highest BCUT2D eigenvalue weighted by Gasteiger charge is 2.27. The fraction of sp³-hybridized carbons (Fsp3) is 0.353. The summed E-state index contributed by atoms with van der Waals surface area (Å²) in [7, 11) is 0. The van der Waals surface area contributed by atoms with Crippen molar-refractivity contribution in [2.24, 2.45) is 0 Å². The van der Waals surface area contributed by atoms with Crippen LogP contribution in [-0.2, 0) is 0 Å². The van der Waals surface area contributed by atoms with Gasteiger partial charge in [-0.25, -0.2) is 0 Å². The van der Waals surface area contributed by atoms with Gasteiger partial charge in [-0.3, -0.25) is 4.79 Å². The molecule has 0 spiro atoms. The second-order valence-electron chi connectivity index (χ2n) is 5.74. The maximum atomic E-state index is 12.5. The number of carbonyl (C=O) groups excluding carboxylic acids is 1. The van der Waals surface area contributed by atoms with E-state index in [0.29, 0.717) is 0 Å².